The third kappa shape index (κ3) is 6.21. The van der Waals surface area contributed by atoms with E-state index in [1.54, 1.807) is 14.0 Å². The highest BCUT2D eigenvalue weighted by atomic mass is 32.2. The van der Waals surface area contributed by atoms with Gasteiger partial charge in [0.15, 0.2) is 0 Å². The zero-order valence-corrected chi connectivity index (χ0v) is 7.67. The first kappa shape index (κ1) is 11.5. The van der Waals surface area contributed by atoms with Crippen LogP contribution in [0.5, 0.6) is 0 Å². The fourth-order valence-corrected chi connectivity index (χ4v) is 1.01. The molecule has 0 aliphatic heterocycles. The zero-order chi connectivity index (χ0) is 9.61. The van der Waals surface area contributed by atoms with Crippen LogP contribution in [0.2, 0.25) is 0 Å². The second-order valence-corrected chi connectivity index (χ2v) is 2.99. The molecule has 2 nitrogen and oxygen atoms in total. The molecule has 0 rings (SSSR count). The molecule has 0 aromatic rings. The summed E-state index contributed by atoms with van der Waals surface area (Å²) in [5.41, 5.74) is -4.21. The van der Waals surface area contributed by atoms with Gasteiger partial charge in [-0.3, -0.25) is 0 Å². The molecule has 0 aliphatic carbocycles. The van der Waals surface area contributed by atoms with E-state index in [4.69, 9.17) is 0 Å². The minimum absolute atomic E-state index is 0.152. The minimum Gasteiger partial charge on any atom is -0.393 e. The van der Waals surface area contributed by atoms with Gasteiger partial charge in [-0.25, -0.2) is 0 Å². The molecule has 0 atom stereocenters. The minimum atomic E-state index is -4.21. The lowest BCUT2D eigenvalue weighted by molar-refractivity contribution is -0.0354. The maximum Gasteiger partial charge on any atom is 0.461 e. The van der Waals surface area contributed by atoms with Gasteiger partial charge in [-0.1, -0.05) is 0 Å². The molecule has 0 amide bonds. The van der Waals surface area contributed by atoms with E-state index >= 15 is 0 Å². The summed E-state index contributed by atoms with van der Waals surface area (Å²) in [6.45, 7) is 1.96. The van der Waals surface area contributed by atoms with E-state index in [2.05, 4.69) is 5.32 Å². The van der Waals surface area contributed by atoms with E-state index < -0.39 is 5.51 Å². The molecule has 72 valence electrons. The summed E-state index contributed by atoms with van der Waals surface area (Å²) in [5.74, 6) is 0. The van der Waals surface area contributed by atoms with Crippen LogP contribution in [0.25, 0.3) is 0 Å². The number of nitrogens with one attached hydrogen (secondary N) is 1. The van der Waals surface area contributed by atoms with Crippen molar-refractivity contribution in [1.29, 1.82) is 0 Å². The number of rotatable bonds is 4. The Labute approximate surface area is 73.9 Å². The van der Waals surface area contributed by atoms with Gasteiger partial charge in [0.25, 0.3) is 0 Å². The largest absolute Gasteiger partial charge is 0.461 e. The Bertz CT molecular complexity index is 146. The first-order valence-corrected chi connectivity index (χ1v) is 4.13. The summed E-state index contributed by atoms with van der Waals surface area (Å²) in [5, 5.41) is 2.62. The fraction of sp³-hybridized carbons (Fsp3) is 0.667. The van der Waals surface area contributed by atoms with Gasteiger partial charge in [0.2, 0.25) is 0 Å². The lowest BCUT2D eigenvalue weighted by Crippen LogP contribution is -2.15. The number of hydrogen-bond acceptors (Lipinski definition) is 3. The van der Waals surface area contributed by atoms with Crippen molar-refractivity contribution < 1.29 is 13.2 Å². The molecule has 12 heavy (non-hydrogen) atoms. The van der Waals surface area contributed by atoms with Gasteiger partial charge in [-0.2, -0.15) is 13.2 Å². The van der Waals surface area contributed by atoms with E-state index in [1.807, 2.05) is 0 Å². The summed E-state index contributed by atoms with van der Waals surface area (Å²) in [6, 6.07) is 0. The van der Waals surface area contributed by atoms with Crippen LogP contribution >= 0.6 is 11.9 Å². The maximum absolute atomic E-state index is 11.8. The Kier molecular flexibility index (Phi) is 4.96. The summed E-state index contributed by atoms with van der Waals surface area (Å²) in [4.78, 5) is 0. The first-order valence-electron chi connectivity index (χ1n) is 3.36. The van der Waals surface area contributed by atoms with E-state index in [9.17, 15) is 13.2 Å². The number of alkyl halides is 3. The second-order valence-electron chi connectivity index (χ2n) is 1.87. The van der Waals surface area contributed by atoms with E-state index in [0.29, 0.717) is 6.54 Å². The molecule has 0 saturated heterocycles. The number of hydrogen-bond donors (Lipinski definition) is 1. The molecule has 0 radical (unpaired) electrons. The molecule has 0 bridgehead atoms. The van der Waals surface area contributed by atoms with E-state index in [0.717, 1.165) is 4.31 Å². The highest BCUT2D eigenvalue weighted by molar-refractivity contribution is 7.97. The highest BCUT2D eigenvalue weighted by Crippen LogP contribution is 2.32. The molecule has 6 heteroatoms. The first-order chi connectivity index (χ1) is 5.49. The zero-order valence-electron chi connectivity index (χ0n) is 6.85. The Morgan fingerprint density at radius 2 is 2.08 bits per heavy atom. The van der Waals surface area contributed by atoms with Crippen molar-refractivity contribution >= 4 is 11.9 Å². The molecular formula is C6H11F3N2S. The molecule has 0 aromatic carbocycles. The molecular weight excluding hydrogens is 189 g/mol. The smallest absolute Gasteiger partial charge is 0.393 e. The summed E-state index contributed by atoms with van der Waals surface area (Å²) >= 11 is -0.152. The fourth-order valence-electron chi connectivity index (χ4n) is 0.491. The van der Waals surface area contributed by atoms with Crippen LogP contribution in [0.1, 0.15) is 6.92 Å². The van der Waals surface area contributed by atoms with Gasteiger partial charge in [-0.05, 0) is 6.92 Å². The van der Waals surface area contributed by atoms with Crippen LogP contribution in [-0.4, -0.2) is 23.4 Å². The van der Waals surface area contributed by atoms with Crippen molar-refractivity contribution in [2.45, 2.75) is 12.4 Å². The van der Waals surface area contributed by atoms with Crippen LogP contribution in [0.3, 0.4) is 0 Å². The highest BCUT2D eigenvalue weighted by Gasteiger charge is 2.31. The van der Waals surface area contributed by atoms with E-state index in [1.165, 1.54) is 12.4 Å². The van der Waals surface area contributed by atoms with E-state index in [-0.39, 0.29) is 11.9 Å². The molecule has 0 saturated carbocycles. The normalized spacial score (nSPS) is 12.1. The second kappa shape index (κ2) is 5.18. The summed E-state index contributed by atoms with van der Waals surface area (Å²) in [6.07, 6.45) is 2.79. The topological polar surface area (TPSA) is 15.3 Å². The van der Waals surface area contributed by atoms with Crippen molar-refractivity contribution in [3.63, 3.8) is 0 Å². The van der Waals surface area contributed by atoms with Gasteiger partial charge >= 0.3 is 5.51 Å². The quantitative estimate of drug-likeness (QED) is 0.700. The lowest BCUT2D eigenvalue weighted by atomic mass is 10.7. The van der Waals surface area contributed by atoms with Crippen LogP contribution < -0.4 is 5.32 Å². The maximum atomic E-state index is 11.8. The molecule has 0 unspecified atom stereocenters. The lowest BCUT2D eigenvalue weighted by Gasteiger charge is -2.17. The molecule has 0 heterocycles. The van der Waals surface area contributed by atoms with Gasteiger partial charge in [0, 0.05) is 26.0 Å². The van der Waals surface area contributed by atoms with Crippen molar-refractivity contribution in [2.75, 3.05) is 13.6 Å². The molecule has 0 fully saturated rings. The molecule has 0 aromatic heterocycles. The monoisotopic (exact) mass is 200 g/mol. The Balaban J connectivity index is 3.91. The SMILES string of the molecule is CCN(/C=C\NC)SC(F)(F)F. The van der Waals surface area contributed by atoms with Crippen molar-refractivity contribution in [2.24, 2.45) is 0 Å². The number of nitrogens with zero attached hydrogens (tertiary/aromatic N) is 1. The van der Waals surface area contributed by atoms with Gasteiger partial charge in [0.1, 0.15) is 0 Å². The molecule has 0 aliphatic rings. The third-order valence-electron chi connectivity index (χ3n) is 0.940. The predicted molar refractivity (Wildman–Crippen MR) is 44.2 cm³/mol. The molecule has 0 spiro atoms. The standard InChI is InChI=1S/C6H11F3N2S/c1-3-11(5-4-10-2)12-6(7,8)9/h4-5,10H,3H2,1-2H3/b5-4-. The van der Waals surface area contributed by atoms with Crippen LogP contribution in [0, 0.1) is 0 Å². The molecule has 1 N–H and O–H groups in total. The summed E-state index contributed by atoms with van der Waals surface area (Å²) < 4.78 is 36.5. The average Bonchev–Trinajstić information content (AvgIpc) is 1.95. The predicted octanol–water partition coefficient (Wildman–Crippen LogP) is 2.17. The van der Waals surface area contributed by atoms with Crippen molar-refractivity contribution in [1.82, 2.24) is 9.62 Å². The Hall–Kier alpha value is -0.520. The van der Waals surface area contributed by atoms with Crippen molar-refractivity contribution in [3.05, 3.63) is 12.4 Å². The summed E-state index contributed by atoms with van der Waals surface area (Å²) in [7, 11) is 1.63. The Morgan fingerprint density at radius 3 is 2.42 bits per heavy atom. The van der Waals surface area contributed by atoms with Gasteiger partial charge in [-0.15, -0.1) is 0 Å². The van der Waals surface area contributed by atoms with Crippen molar-refractivity contribution in [3.8, 4) is 0 Å². The van der Waals surface area contributed by atoms with Gasteiger partial charge < -0.3 is 9.62 Å². The van der Waals surface area contributed by atoms with Crippen LogP contribution in [0.4, 0.5) is 13.2 Å². The van der Waals surface area contributed by atoms with Gasteiger partial charge in [0.05, 0.1) is 11.9 Å². The van der Waals surface area contributed by atoms with Crippen LogP contribution in [-0.2, 0) is 0 Å². The van der Waals surface area contributed by atoms with Crippen LogP contribution in [0.15, 0.2) is 12.4 Å². The average molecular weight is 200 g/mol. The number of halogens is 3. The Morgan fingerprint density at radius 1 is 1.50 bits per heavy atom. The third-order valence-corrected chi connectivity index (χ3v) is 1.76.